The van der Waals surface area contributed by atoms with Gasteiger partial charge in [-0.1, -0.05) is 84.0 Å². The zero-order chi connectivity index (χ0) is 24.5. The Bertz CT molecular complexity index is 1300. The van der Waals surface area contributed by atoms with Gasteiger partial charge in [0.25, 0.3) is 0 Å². The van der Waals surface area contributed by atoms with E-state index < -0.39 is 5.97 Å². The van der Waals surface area contributed by atoms with E-state index in [1.807, 2.05) is 91.0 Å². The highest BCUT2D eigenvalue weighted by molar-refractivity contribution is 6.12. The average molecular weight is 466 g/mol. The highest BCUT2D eigenvalue weighted by atomic mass is 16.5. The maximum absolute atomic E-state index is 11.6. The minimum absolute atomic E-state index is 0.334. The zero-order valence-corrected chi connectivity index (χ0v) is 19.3. The molecule has 4 aromatic carbocycles. The number of ether oxygens (including phenoxy) is 1. The molecule has 0 aliphatic heterocycles. The minimum atomic E-state index is -0.916. The highest BCUT2D eigenvalue weighted by Crippen LogP contribution is 2.26. The maximum Gasteiger partial charge on any atom is 0.335 e. The number of aromatic carboxylic acids is 1. The fourth-order valence-corrected chi connectivity index (χ4v) is 4.09. The standard InChI is InChI=1S/C30H27NO4/c32-30(33)27-17-8-7-12-23(27)15-9-16-25-20-26(29(31-34)24-13-5-2-6-14-24)18-19-28(25)35-21-22-10-3-1-4-11-22/h1-8,10-14,17-20,34H,9,15-16,21H2,(H,32,33). The molecular weight excluding hydrogens is 438 g/mol. The summed E-state index contributed by atoms with van der Waals surface area (Å²) in [7, 11) is 0. The Balaban J connectivity index is 1.58. The van der Waals surface area contributed by atoms with Crippen molar-refractivity contribution in [1.29, 1.82) is 0 Å². The van der Waals surface area contributed by atoms with Crippen LogP contribution in [0.4, 0.5) is 0 Å². The smallest absolute Gasteiger partial charge is 0.335 e. The third-order valence-corrected chi connectivity index (χ3v) is 5.86. The SMILES string of the molecule is O=C(O)c1ccccc1CCCc1cc(C(=NO)c2ccccc2)ccc1OCc1ccccc1. The average Bonchev–Trinajstić information content (AvgIpc) is 2.90. The number of benzene rings is 4. The number of rotatable bonds is 10. The fraction of sp³-hybridized carbons (Fsp3) is 0.133. The molecule has 0 bridgehead atoms. The van der Waals surface area contributed by atoms with Gasteiger partial charge >= 0.3 is 5.97 Å². The lowest BCUT2D eigenvalue weighted by Gasteiger charge is -2.15. The molecule has 35 heavy (non-hydrogen) atoms. The first-order valence-electron chi connectivity index (χ1n) is 11.5. The van der Waals surface area contributed by atoms with Gasteiger partial charge in [-0.3, -0.25) is 0 Å². The van der Waals surface area contributed by atoms with Gasteiger partial charge in [-0.2, -0.15) is 0 Å². The molecule has 4 rings (SSSR count). The number of aryl methyl sites for hydroxylation is 2. The summed E-state index contributed by atoms with van der Waals surface area (Å²) in [5.74, 6) is -0.157. The van der Waals surface area contributed by atoms with E-state index in [1.165, 1.54) is 0 Å². The predicted octanol–water partition coefficient (Wildman–Crippen LogP) is 6.37. The molecule has 0 amide bonds. The van der Waals surface area contributed by atoms with Gasteiger partial charge in [-0.05, 0) is 60.2 Å². The third-order valence-electron chi connectivity index (χ3n) is 5.86. The molecule has 0 heterocycles. The van der Waals surface area contributed by atoms with Crippen molar-refractivity contribution in [3.63, 3.8) is 0 Å². The number of hydrogen-bond donors (Lipinski definition) is 2. The van der Waals surface area contributed by atoms with E-state index in [0.717, 1.165) is 40.0 Å². The van der Waals surface area contributed by atoms with Crippen molar-refractivity contribution in [1.82, 2.24) is 0 Å². The molecule has 0 spiro atoms. The van der Waals surface area contributed by atoms with Crippen LogP contribution in [0.1, 0.15) is 44.6 Å². The molecule has 2 N–H and O–H groups in total. The van der Waals surface area contributed by atoms with Gasteiger partial charge in [0, 0.05) is 11.1 Å². The molecule has 0 aliphatic carbocycles. The van der Waals surface area contributed by atoms with E-state index in [1.54, 1.807) is 12.1 Å². The Kier molecular flexibility index (Phi) is 7.92. The Morgan fingerprint density at radius 2 is 1.40 bits per heavy atom. The first-order chi connectivity index (χ1) is 17.2. The fourth-order valence-electron chi connectivity index (χ4n) is 4.09. The largest absolute Gasteiger partial charge is 0.489 e. The topological polar surface area (TPSA) is 79.1 Å². The zero-order valence-electron chi connectivity index (χ0n) is 19.3. The molecule has 0 saturated carbocycles. The molecule has 176 valence electrons. The summed E-state index contributed by atoms with van der Waals surface area (Å²) in [4.78, 5) is 11.6. The maximum atomic E-state index is 11.6. The van der Waals surface area contributed by atoms with Crippen LogP contribution in [0.15, 0.2) is 108 Å². The Morgan fingerprint density at radius 3 is 2.11 bits per heavy atom. The number of oxime groups is 1. The number of carbonyl (C=O) groups is 1. The molecule has 0 saturated heterocycles. The summed E-state index contributed by atoms with van der Waals surface area (Å²) < 4.78 is 6.17. The summed E-state index contributed by atoms with van der Waals surface area (Å²) in [5.41, 5.74) is 5.27. The minimum Gasteiger partial charge on any atom is -0.489 e. The third kappa shape index (κ3) is 6.15. The molecule has 0 unspecified atom stereocenters. The number of nitrogens with zero attached hydrogens (tertiary/aromatic N) is 1. The van der Waals surface area contributed by atoms with Gasteiger partial charge in [-0.15, -0.1) is 0 Å². The Labute approximate surface area is 205 Å². The van der Waals surface area contributed by atoms with Gasteiger partial charge in [0.05, 0.1) is 5.56 Å². The van der Waals surface area contributed by atoms with E-state index in [-0.39, 0.29) is 0 Å². The van der Waals surface area contributed by atoms with Crippen LogP contribution in [-0.4, -0.2) is 22.0 Å². The lowest BCUT2D eigenvalue weighted by Crippen LogP contribution is -2.07. The molecule has 5 nitrogen and oxygen atoms in total. The van der Waals surface area contributed by atoms with Crippen molar-refractivity contribution in [3.8, 4) is 5.75 Å². The van der Waals surface area contributed by atoms with E-state index in [4.69, 9.17) is 4.74 Å². The molecule has 5 heteroatoms. The lowest BCUT2D eigenvalue weighted by molar-refractivity contribution is 0.0695. The van der Waals surface area contributed by atoms with Crippen LogP contribution >= 0.6 is 0 Å². The number of carboxylic acid groups (broad SMARTS) is 1. The van der Waals surface area contributed by atoms with Crippen molar-refractivity contribution < 1.29 is 19.8 Å². The second kappa shape index (κ2) is 11.7. The van der Waals surface area contributed by atoms with Crippen LogP contribution in [0.5, 0.6) is 5.75 Å². The van der Waals surface area contributed by atoms with Crippen LogP contribution < -0.4 is 4.74 Å². The van der Waals surface area contributed by atoms with Gasteiger partial charge in [0.1, 0.15) is 18.1 Å². The number of carboxylic acids is 1. The summed E-state index contributed by atoms with van der Waals surface area (Å²) in [6.07, 6.45) is 2.05. The second-order valence-electron chi connectivity index (χ2n) is 8.23. The summed E-state index contributed by atoms with van der Waals surface area (Å²) in [6, 6.07) is 32.4. The van der Waals surface area contributed by atoms with Crippen LogP contribution in [-0.2, 0) is 19.4 Å². The van der Waals surface area contributed by atoms with Crippen LogP contribution in [0.2, 0.25) is 0 Å². The summed E-state index contributed by atoms with van der Waals surface area (Å²) in [5, 5.41) is 22.8. The van der Waals surface area contributed by atoms with E-state index in [2.05, 4.69) is 5.16 Å². The molecule has 0 aromatic heterocycles. The quantitative estimate of drug-likeness (QED) is 0.162. The molecule has 4 aromatic rings. The van der Waals surface area contributed by atoms with Gasteiger partial charge in [0.2, 0.25) is 0 Å². The van der Waals surface area contributed by atoms with E-state index >= 15 is 0 Å². The number of hydrogen-bond acceptors (Lipinski definition) is 4. The summed E-state index contributed by atoms with van der Waals surface area (Å²) in [6.45, 7) is 0.439. The molecule has 0 atom stereocenters. The summed E-state index contributed by atoms with van der Waals surface area (Å²) >= 11 is 0. The first-order valence-corrected chi connectivity index (χ1v) is 11.5. The second-order valence-corrected chi connectivity index (χ2v) is 8.23. The molecule has 0 aliphatic rings. The predicted molar refractivity (Wildman–Crippen MR) is 137 cm³/mol. The van der Waals surface area contributed by atoms with E-state index in [9.17, 15) is 15.1 Å². The highest BCUT2D eigenvalue weighted by Gasteiger charge is 2.14. The lowest BCUT2D eigenvalue weighted by atomic mass is 9.96. The van der Waals surface area contributed by atoms with Gasteiger partial charge < -0.3 is 15.1 Å². The molecule has 0 fully saturated rings. The van der Waals surface area contributed by atoms with Crippen molar-refractivity contribution in [3.05, 3.63) is 137 Å². The van der Waals surface area contributed by atoms with Crippen LogP contribution in [0.3, 0.4) is 0 Å². The van der Waals surface area contributed by atoms with Crippen molar-refractivity contribution >= 4 is 11.7 Å². The first kappa shape index (κ1) is 23.8. The normalized spacial score (nSPS) is 11.3. The Morgan fingerprint density at radius 1 is 0.743 bits per heavy atom. The van der Waals surface area contributed by atoms with E-state index in [0.29, 0.717) is 30.7 Å². The van der Waals surface area contributed by atoms with Crippen molar-refractivity contribution in [2.75, 3.05) is 0 Å². The molecule has 0 radical (unpaired) electrons. The Hall–Kier alpha value is -4.38. The molecular formula is C30H27NO4. The van der Waals surface area contributed by atoms with Crippen molar-refractivity contribution in [2.45, 2.75) is 25.9 Å². The van der Waals surface area contributed by atoms with Gasteiger partial charge in [-0.25, -0.2) is 4.79 Å². The van der Waals surface area contributed by atoms with Crippen LogP contribution in [0.25, 0.3) is 0 Å². The van der Waals surface area contributed by atoms with Crippen LogP contribution in [0, 0.1) is 0 Å². The van der Waals surface area contributed by atoms with Crippen molar-refractivity contribution in [2.24, 2.45) is 5.16 Å². The van der Waals surface area contributed by atoms with Gasteiger partial charge in [0.15, 0.2) is 0 Å². The monoisotopic (exact) mass is 465 g/mol.